The van der Waals surface area contributed by atoms with Gasteiger partial charge in [0.25, 0.3) is 0 Å². The molecule has 94 valence electrons. The average Bonchev–Trinajstić information content (AvgIpc) is 2.43. The Kier molecular flexibility index (Phi) is 1.92. The number of aryl methyl sites for hydroxylation is 1. The third-order valence-corrected chi connectivity index (χ3v) is 2.41. The monoisotopic (exact) mass is 250 g/mol. The molecule has 2 aromatic carbocycles. The van der Waals surface area contributed by atoms with E-state index in [2.05, 4.69) is 0 Å². The number of carbonyl (C=O) groups excluding carboxylic acids is 1. The molecule has 0 heterocycles. The van der Waals surface area contributed by atoms with Gasteiger partial charge < -0.3 is 10.1 Å². The second-order valence-corrected chi connectivity index (χ2v) is 3.72. The van der Waals surface area contributed by atoms with Crippen LogP contribution in [0.3, 0.4) is 0 Å². The molecule has 0 aliphatic rings. The summed E-state index contributed by atoms with van der Waals surface area (Å²) in [7, 11) is -2.66. The lowest BCUT2D eigenvalue weighted by molar-refractivity contribution is -0.118. The third-order valence-electron chi connectivity index (χ3n) is 2.41. The molecule has 2 aromatic rings. The predicted octanol–water partition coefficient (Wildman–Crippen LogP) is 2.53. The zero-order chi connectivity index (χ0) is 19.0. The van der Waals surface area contributed by atoms with E-state index in [-0.39, 0.29) is 11.3 Å². The summed E-state index contributed by atoms with van der Waals surface area (Å²) in [5, 5.41) is 2.85. The van der Waals surface area contributed by atoms with Crippen LogP contribution in [0.2, 0.25) is 0 Å². The lowest BCUT2D eigenvalue weighted by Crippen LogP contribution is -2.22. The van der Waals surface area contributed by atoms with Gasteiger partial charge in [0.15, 0.2) is 0 Å². The van der Waals surface area contributed by atoms with Crippen molar-refractivity contribution in [1.29, 1.82) is 0 Å². The Labute approximate surface area is 117 Å². The summed E-state index contributed by atoms with van der Waals surface area (Å²) in [6, 6.07) is 8.98. The van der Waals surface area contributed by atoms with Crippen molar-refractivity contribution in [3.63, 3.8) is 0 Å². The highest BCUT2D eigenvalue weighted by atomic mass is 16.5. The number of hydrogen-bond acceptors (Lipinski definition) is 2. The summed E-state index contributed by atoms with van der Waals surface area (Å²) in [5.74, 6) is -0.698. The predicted molar refractivity (Wildman–Crippen MR) is 72.9 cm³/mol. The Morgan fingerprint density at radius 3 is 3.11 bits per heavy atom. The van der Waals surface area contributed by atoms with Gasteiger partial charge in [-0.2, -0.15) is 0 Å². The number of fused-ring (bicyclic) bond motifs is 1. The van der Waals surface area contributed by atoms with Crippen molar-refractivity contribution >= 4 is 16.7 Å². The Morgan fingerprint density at radius 2 is 2.33 bits per heavy atom. The van der Waals surface area contributed by atoms with Crippen molar-refractivity contribution in [2.24, 2.45) is 0 Å². The summed E-state index contributed by atoms with van der Waals surface area (Å²) in [6.07, 6.45) is -2.57. The Balaban J connectivity index is 2.60. The second kappa shape index (κ2) is 5.54. The van der Waals surface area contributed by atoms with Crippen LogP contribution in [0.1, 0.15) is 22.1 Å². The van der Waals surface area contributed by atoms with Crippen molar-refractivity contribution in [2.45, 2.75) is 13.3 Å². The fourth-order valence-corrected chi connectivity index (χ4v) is 1.61. The van der Waals surface area contributed by atoms with Gasteiger partial charge in [0, 0.05) is 18.9 Å². The van der Waals surface area contributed by atoms with E-state index >= 15 is 0 Å². The lowest BCUT2D eigenvalue weighted by Gasteiger charge is -2.08. The zero-order valence-corrected chi connectivity index (χ0v) is 9.78. The Bertz CT molecular complexity index is 802. The number of benzene rings is 2. The normalized spacial score (nSPS) is 18.4. The van der Waals surface area contributed by atoms with E-state index in [9.17, 15) is 4.79 Å². The minimum absolute atomic E-state index is 0.0100. The molecule has 0 aliphatic carbocycles. The molecule has 0 saturated carbocycles. The van der Waals surface area contributed by atoms with E-state index < -0.39 is 25.8 Å². The fourth-order valence-electron chi connectivity index (χ4n) is 1.61. The molecule has 18 heavy (non-hydrogen) atoms. The number of rotatable bonds is 4. The van der Waals surface area contributed by atoms with Crippen LogP contribution in [0.15, 0.2) is 36.4 Å². The maximum Gasteiger partial charge on any atom is 0.216 e. The summed E-state index contributed by atoms with van der Waals surface area (Å²) >= 11 is 0. The van der Waals surface area contributed by atoms with Crippen LogP contribution in [0, 0.1) is 0 Å². The molecule has 0 fully saturated rings. The van der Waals surface area contributed by atoms with Gasteiger partial charge in [-0.25, -0.2) is 0 Å². The molecular formula is C15H17NO2. The first-order chi connectivity index (χ1) is 11.3. The number of carbonyl (C=O) groups is 1. The fraction of sp³-hybridized carbons (Fsp3) is 0.267. The molecule has 1 N–H and O–H groups in total. The van der Waals surface area contributed by atoms with Gasteiger partial charge in [-0.05, 0) is 34.8 Å². The van der Waals surface area contributed by atoms with Crippen molar-refractivity contribution in [1.82, 2.24) is 5.32 Å². The van der Waals surface area contributed by atoms with Crippen LogP contribution in [0.25, 0.3) is 10.8 Å². The van der Waals surface area contributed by atoms with Gasteiger partial charge in [0.05, 0.1) is 11.2 Å². The quantitative estimate of drug-likeness (QED) is 0.905. The minimum atomic E-state index is -2.67. The average molecular weight is 250 g/mol. The molecule has 0 unspecified atom stereocenters. The van der Waals surface area contributed by atoms with E-state index in [1.807, 2.05) is 5.32 Å². The maximum absolute atomic E-state index is 11.2. The van der Waals surface area contributed by atoms with Crippen molar-refractivity contribution < 1.29 is 19.1 Å². The Morgan fingerprint density at radius 1 is 1.44 bits per heavy atom. The molecule has 0 spiro atoms. The molecule has 0 radical (unpaired) electrons. The van der Waals surface area contributed by atoms with Gasteiger partial charge >= 0.3 is 0 Å². The molecule has 1 amide bonds. The largest absolute Gasteiger partial charge is 0.497 e. The van der Waals surface area contributed by atoms with E-state index in [4.69, 9.17) is 14.3 Å². The molecule has 3 nitrogen and oxygen atoms in total. The lowest BCUT2D eigenvalue weighted by atomic mass is 10.0. The highest BCUT2D eigenvalue weighted by Crippen LogP contribution is 2.24. The first-order valence-electron chi connectivity index (χ1n) is 8.84. The molecule has 0 bridgehead atoms. The number of hydrogen-bond donors (Lipinski definition) is 1. The van der Waals surface area contributed by atoms with Gasteiger partial charge in [-0.15, -0.1) is 0 Å². The number of nitrogens with one attached hydrogen (secondary N) is 1. The van der Waals surface area contributed by atoms with E-state index in [0.717, 1.165) is 6.92 Å². The van der Waals surface area contributed by atoms with E-state index in [1.54, 1.807) is 18.2 Å². The second-order valence-electron chi connectivity index (χ2n) is 3.72. The molecule has 0 saturated heterocycles. The van der Waals surface area contributed by atoms with Gasteiger partial charge in [-0.1, -0.05) is 24.3 Å². The Hall–Kier alpha value is -2.03. The third kappa shape index (κ3) is 2.80. The molecule has 0 atom stereocenters. The van der Waals surface area contributed by atoms with Crippen LogP contribution >= 0.6 is 0 Å². The number of ether oxygens (including phenoxy) is 1. The van der Waals surface area contributed by atoms with Crippen LogP contribution in [0.4, 0.5) is 0 Å². The highest BCUT2D eigenvalue weighted by Gasteiger charge is 2.03. The molecule has 2 rings (SSSR count). The smallest absolute Gasteiger partial charge is 0.216 e. The van der Waals surface area contributed by atoms with Gasteiger partial charge in [-0.3, -0.25) is 4.79 Å². The SMILES string of the molecule is [2H]C([2H])([2H])Oc1ccc2cccc(C([2H])([2H])C([2H])([2H])NC(C)=O)c2c1. The standard InChI is InChI=1S/C15H17NO2/c1-11(17)16-9-8-13-5-3-4-12-6-7-14(18-2)10-15(12)13/h3-7,10H,8-9H2,1-2H3,(H,16,17)/i2D3,8D2,9D2. The van der Waals surface area contributed by atoms with Crippen LogP contribution in [-0.2, 0) is 11.2 Å². The zero-order valence-electron chi connectivity index (χ0n) is 16.8. The summed E-state index contributed by atoms with van der Waals surface area (Å²) in [6.45, 7) is -1.58. The minimum Gasteiger partial charge on any atom is -0.497 e. The summed E-state index contributed by atoms with van der Waals surface area (Å²) in [5.41, 5.74) is -0.0280. The summed E-state index contributed by atoms with van der Waals surface area (Å²) in [4.78, 5) is 11.2. The summed E-state index contributed by atoms with van der Waals surface area (Å²) < 4.78 is 58.6. The first-order valence-corrected chi connectivity index (χ1v) is 5.34. The van der Waals surface area contributed by atoms with Crippen LogP contribution in [-0.4, -0.2) is 19.4 Å². The first kappa shape index (κ1) is 6.23. The molecule has 0 aromatic heterocycles. The maximum atomic E-state index is 11.2. The van der Waals surface area contributed by atoms with Crippen LogP contribution in [0.5, 0.6) is 5.75 Å². The van der Waals surface area contributed by atoms with Gasteiger partial charge in [0.2, 0.25) is 5.91 Å². The van der Waals surface area contributed by atoms with Crippen molar-refractivity contribution in [3.05, 3.63) is 42.0 Å². The molecule has 0 aliphatic heterocycles. The highest BCUT2D eigenvalue weighted by molar-refractivity contribution is 5.87. The van der Waals surface area contributed by atoms with Gasteiger partial charge in [0.1, 0.15) is 5.75 Å². The van der Waals surface area contributed by atoms with Crippen molar-refractivity contribution in [2.75, 3.05) is 13.5 Å². The number of amides is 1. The molecular weight excluding hydrogens is 226 g/mol. The van der Waals surface area contributed by atoms with Crippen molar-refractivity contribution in [3.8, 4) is 5.75 Å². The van der Waals surface area contributed by atoms with E-state index in [1.165, 1.54) is 18.2 Å². The number of methoxy groups -OCH3 is 1. The van der Waals surface area contributed by atoms with E-state index in [0.29, 0.717) is 10.8 Å². The van der Waals surface area contributed by atoms with Crippen LogP contribution < -0.4 is 10.1 Å². The molecule has 3 heteroatoms. The topological polar surface area (TPSA) is 38.3 Å².